The van der Waals surface area contributed by atoms with Crippen molar-refractivity contribution in [2.24, 2.45) is 5.92 Å². The molecule has 0 saturated heterocycles. The monoisotopic (exact) mass is 322 g/mol. The van der Waals surface area contributed by atoms with E-state index in [-0.39, 0.29) is 0 Å². The van der Waals surface area contributed by atoms with Crippen molar-refractivity contribution in [3.05, 3.63) is 12.2 Å². The van der Waals surface area contributed by atoms with Gasteiger partial charge in [-0.3, -0.25) is 0 Å². The van der Waals surface area contributed by atoms with Crippen LogP contribution in [0.5, 0.6) is 0 Å². The van der Waals surface area contributed by atoms with Crippen LogP contribution in [-0.4, -0.2) is 0 Å². The molecule has 0 aromatic carbocycles. The number of hydrogen-bond acceptors (Lipinski definition) is 0. The fourth-order valence-electron chi connectivity index (χ4n) is 3.15. The standard InChI is InChI=1S/C23H46/c1-4-5-6-7-8-9-10-11-12-13-14-15-16-17-18-19-20-21-22-23(2)3/h11-12,23H,4-10,13-22H2,1-3H3. The Morgan fingerprint density at radius 3 is 1.35 bits per heavy atom. The Kier molecular flexibility index (Phi) is 19.6. The quantitative estimate of drug-likeness (QED) is 0.174. The molecule has 0 nitrogen and oxygen atoms in total. The molecule has 0 aliphatic rings. The van der Waals surface area contributed by atoms with Crippen LogP contribution >= 0.6 is 0 Å². The molecule has 0 heterocycles. The van der Waals surface area contributed by atoms with Crippen LogP contribution < -0.4 is 0 Å². The Morgan fingerprint density at radius 1 is 0.522 bits per heavy atom. The molecule has 0 radical (unpaired) electrons. The van der Waals surface area contributed by atoms with Crippen LogP contribution in [0.15, 0.2) is 12.2 Å². The zero-order valence-electron chi connectivity index (χ0n) is 16.8. The molecule has 0 amide bonds. The number of allylic oxidation sites excluding steroid dienone is 2. The Morgan fingerprint density at radius 2 is 0.913 bits per heavy atom. The van der Waals surface area contributed by atoms with E-state index in [1.807, 2.05) is 0 Å². The van der Waals surface area contributed by atoms with Gasteiger partial charge in [-0.05, 0) is 31.6 Å². The first kappa shape index (κ1) is 22.7. The third-order valence-electron chi connectivity index (χ3n) is 4.79. The molecular weight excluding hydrogens is 276 g/mol. The van der Waals surface area contributed by atoms with E-state index in [1.165, 1.54) is 109 Å². The van der Waals surface area contributed by atoms with E-state index in [0.29, 0.717) is 0 Å². The highest BCUT2D eigenvalue weighted by molar-refractivity contribution is 4.81. The second-order valence-corrected chi connectivity index (χ2v) is 7.83. The molecule has 138 valence electrons. The van der Waals surface area contributed by atoms with Crippen LogP contribution in [0.25, 0.3) is 0 Å². The van der Waals surface area contributed by atoms with E-state index in [9.17, 15) is 0 Å². The van der Waals surface area contributed by atoms with Gasteiger partial charge in [-0.2, -0.15) is 0 Å². The minimum atomic E-state index is 0.893. The van der Waals surface area contributed by atoms with Crippen LogP contribution in [0.4, 0.5) is 0 Å². The van der Waals surface area contributed by atoms with Crippen LogP contribution in [0.3, 0.4) is 0 Å². The summed E-state index contributed by atoms with van der Waals surface area (Å²) in [6, 6.07) is 0. The summed E-state index contributed by atoms with van der Waals surface area (Å²) in [6.45, 7) is 6.96. The molecule has 0 unspecified atom stereocenters. The molecule has 23 heavy (non-hydrogen) atoms. The first-order chi connectivity index (χ1) is 11.3. The van der Waals surface area contributed by atoms with Crippen molar-refractivity contribution >= 4 is 0 Å². The molecule has 0 spiro atoms. The number of hydrogen-bond donors (Lipinski definition) is 0. The van der Waals surface area contributed by atoms with Crippen molar-refractivity contribution in [1.29, 1.82) is 0 Å². The summed E-state index contributed by atoms with van der Waals surface area (Å²) in [5, 5.41) is 0. The Bertz CT molecular complexity index is 226. The number of rotatable bonds is 18. The Hall–Kier alpha value is -0.260. The van der Waals surface area contributed by atoms with Gasteiger partial charge in [-0.1, -0.05) is 116 Å². The fourth-order valence-corrected chi connectivity index (χ4v) is 3.15. The summed E-state index contributed by atoms with van der Waals surface area (Å²) in [5.74, 6) is 0.893. The number of unbranched alkanes of at least 4 members (excludes halogenated alkanes) is 14. The van der Waals surface area contributed by atoms with Crippen molar-refractivity contribution in [3.8, 4) is 0 Å². The molecule has 0 heteroatoms. The van der Waals surface area contributed by atoms with Gasteiger partial charge in [-0.25, -0.2) is 0 Å². The minimum Gasteiger partial charge on any atom is -0.0885 e. The first-order valence-electron chi connectivity index (χ1n) is 10.9. The molecule has 0 saturated carbocycles. The maximum Gasteiger partial charge on any atom is -0.0351 e. The van der Waals surface area contributed by atoms with Gasteiger partial charge in [0.2, 0.25) is 0 Å². The summed E-state index contributed by atoms with van der Waals surface area (Å²) in [6.07, 6.45) is 29.0. The average Bonchev–Trinajstić information content (AvgIpc) is 2.53. The highest BCUT2D eigenvalue weighted by Gasteiger charge is 1.95. The maximum atomic E-state index is 2.43. The Labute approximate surface area is 148 Å². The molecule has 0 atom stereocenters. The van der Waals surface area contributed by atoms with Crippen molar-refractivity contribution < 1.29 is 0 Å². The van der Waals surface area contributed by atoms with Gasteiger partial charge in [-0.15, -0.1) is 0 Å². The van der Waals surface area contributed by atoms with Crippen LogP contribution in [-0.2, 0) is 0 Å². The fraction of sp³-hybridized carbons (Fsp3) is 0.913. The van der Waals surface area contributed by atoms with Crippen molar-refractivity contribution in [2.75, 3.05) is 0 Å². The molecule has 0 aliphatic heterocycles. The molecule has 0 aliphatic carbocycles. The van der Waals surface area contributed by atoms with E-state index in [1.54, 1.807) is 0 Å². The zero-order valence-corrected chi connectivity index (χ0v) is 16.8. The van der Waals surface area contributed by atoms with Gasteiger partial charge in [0.25, 0.3) is 0 Å². The first-order valence-corrected chi connectivity index (χ1v) is 10.9. The van der Waals surface area contributed by atoms with E-state index in [0.717, 1.165) is 5.92 Å². The van der Waals surface area contributed by atoms with Crippen LogP contribution in [0, 0.1) is 5.92 Å². The predicted octanol–water partition coefficient (Wildman–Crippen LogP) is 8.85. The molecule has 0 N–H and O–H groups in total. The van der Waals surface area contributed by atoms with Gasteiger partial charge in [0.15, 0.2) is 0 Å². The zero-order chi connectivity index (χ0) is 17.0. The SMILES string of the molecule is CCCCCCCCC=CCCCCCCCCCCC(C)C. The van der Waals surface area contributed by atoms with Gasteiger partial charge < -0.3 is 0 Å². The minimum absolute atomic E-state index is 0.893. The van der Waals surface area contributed by atoms with E-state index in [2.05, 4.69) is 32.9 Å². The molecule has 0 aromatic heterocycles. The summed E-state index contributed by atoms with van der Waals surface area (Å²) in [5.41, 5.74) is 0. The summed E-state index contributed by atoms with van der Waals surface area (Å²) < 4.78 is 0. The van der Waals surface area contributed by atoms with Gasteiger partial charge in [0.1, 0.15) is 0 Å². The molecule has 0 rings (SSSR count). The highest BCUT2D eigenvalue weighted by atomic mass is 14.0. The lowest BCUT2D eigenvalue weighted by atomic mass is 10.0. The van der Waals surface area contributed by atoms with Crippen LogP contribution in [0.1, 0.15) is 130 Å². The van der Waals surface area contributed by atoms with Crippen molar-refractivity contribution in [3.63, 3.8) is 0 Å². The predicted molar refractivity (Wildman–Crippen MR) is 108 cm³/mol. The maximum absolute atomic E-state index is 2.43. The largest absolute Gasteiger partial charge is 0.0885 e. The van der Waals surface area contributed by atoms with Crippen molar-refractivity contribution in [1.82, 2.24) is 0 Å². The van der Waals surface area contributed by atoms with E-state index in [4.69, 9.17) is 0 Å². The van der Waals surface area contributed by atoms with Crippen molar-refractivity contribution in [2.45, 2.75) is 130 Å². The smallest absolute Gasteiger partial charge is 0.0351 e. The molecular formula is C23H46. The lowest BCUT2D eigenvalue weighted by molar-refractivity contribution is 0.507. The average molecular weight is 323 g/mol. The summed E-state index contributed by atoms with van der Waals surface area (Å²) in [7, 11) is 0. The van der Waals surface area contributed by atoms with Gasteiger partial charge in [0, 0.05) is 0 Å². The Balaban J connectivity index is 3.05. The summed E-state index contributed by atoms with van der Waals surface area (Å²) in [4.78, 5) is 0. The third kappa shape index (κ3) is 21.7. The molecule has 0 fully saturated rings. The topological polar surface area (TPSA) is 0 Å². The molecule has 0 aromatic rings. The van der Waals surface area contributed by atoms with E-state index < -0.39 is 0 Å². The lowest BCUT2D eigenvalue weighted by Gasteiger charge is -2.04. The summed E-state index contributed by atoms with van der Waals surface area (Å²) >= 11 is 0. The van der Waals surface area contributed by atoms with Gasteiger partial charge >= 0.3 is 0 Å². The van der Waals surface area contributed by atoms with Gasteiger partial charge in [0.05, 0.1) is 0 Å². The normalized spacial score (nSPS) is 11.8. The highest BCUT2D eigenvalue weighted by Crippen LogP contribution is 2.13. The second-order valence-electron chi connectivity index (χ2n) is 7.83. The lowest BCUT2D eigenvalue weighted by Crippen LogP contribution is -1.87. The molecule has 0 bridgehead atoms. The third-order valence-corrected chi connectivity index (χ3v) is 4.79. The second kappa shape index (κ2) is 19.8. The van der Waals surface area contributed by atoms with E-state index >= 15 is 0 Å². The van der Waals surface area contributed by atoms with Crippen LogP contribution in [0.2, 0.25) is 0 Å².